The highest BCUT2D eigenvalue weighted by atomic mass is 16.6. The maximum atomic E-state index is 13.3. The number of hydrogen-bond acceptors (Lipinski definition) is 8. The van der Waals surface area contributed by atoms with Crippen molar-refractivity contribution >= 4 is 22.9 Å². The Morgan fingerprint density at radius 3 is 2.24 bits per heavy atom. The van der Waals surface area contributed by atoms with E-state index in [1.807, 2.05) is 18.2 Å². The molecule has 0 spiro atoms. The lowest BCUT2D eigenvalue weighted by Crippen LogP contribution is -2.52. The predicted octanol–water partition coefficient (Wildman–Crippen LogP) is 4.18. The average molecular weight is 452 g/mol. The molecule has 8 heteroatoms. The smallest absolute Gasteiger partial charge is 0.303 e. The minimum atomic E-state index is -1.06. The van der Waals surface area contributed by atoms with Crippen LogP contribution < -0.4 is 14.9 Å². The zero-order chi connectivity index (χ0) is 23.9. The summed E-state index contributed by atoms with van der Waals surface area (Å²) in [5.74, 6) is -0.525. The molecule has 2 heterocycles. The van der Waals surface area contributed by atoms with Crippen LogP contribution in [0.15, 0.2) is 51.7 Å². The second kappa shape index (κ2) is 8.27. The van der Waals surface area contributed by atoms with Crippen molar-refractivity contribution < 1.29 is 33.0 Å². The van der Waals surface area contributed by atoms with E-state index in [1.165, 1.54) is 21.0 Å². The van der Waals surface area contributed by atoms with Crippen LogP contribution in [0.25, 0.3) is 22.3 Å². The molecule has 3 aromatic rings. The van der Waals surface area contributed by atoms with Gasteiger partial charge in [0.2, 0.25) is 11.2 Å². The summed E-state index contributed by atoms with van der Waals surface area (Å²) in [7, 11) is 1.40. The van der Waals surface area contributed by atoms with Gasteiger partial charge in [0.15, 0.2) is 18.0 Å². The van der Waals surface area contributed by atoms with Crippen molar-refractivity contribution in [3.63, 3.8) is 0 Å². The highest BCUT2D eigenvalue weighted by molar-refractivity contribution is 5.87. The molecule has 8 nitrogen and oxygen atoms in total. The Morgan fingerprint density at radius 2 is 1.64 bits per heavy atom. The molecule has 0 aliphatic carbocycles. The van der Waals surface area contributed by atoms with E-state index in [2.05, 4.69) is 0 Å². The van der Waals surface area contributed by atoms with Gasteiger partial charge in [-0.1, -0.05) is 30.3 Å². The van der Waals surface area contributed by atoms with Gasteiger partial charge in [-0.2, -0.15) is 0 Å². The third-order valence-corrected chi connectivity index (χ3v) is 5.46. The Hall–Kier alpha value is -3.81. The zero-order valence-electron chi connectivity index (χ0n) is 19.0. The van der Waals surface area contributed by atoms with Crippen LogP contribution in [0, 0.1) is 0 Å². The molecule has 2 atom stereocenters. The van der Waals surface area contributed by atoms with Crippen molar-refractivity contribution in [2.45, 2.75) is 45.5 Å². The largest absolute Gasteiger partial charge is 0.490 e. The minimum absolute atomic E-state index is 0.0475. The molecule has 0 saturated carbocycles. The van der Waals surface area contributed by atoms with E-state index in [-0.39, 0.29) is 22.5 Å². The molecule has 2 unspecified atom stereocenters. The summed E-state index contributed by atoms with van der Waals surface area (Å²) >= 11 is 0. The van der Waals surface area contributed by atoms with Gasteiger partial charge in [0, 0.05) is 19.4 Å². The van der Waals surface area contributed by atoms with Gasteiger partial charge in [0.05, 0.1) is 18.1 Å². The molecule has 1 aliphatic rings. The van der Waals surface area contributed by atoms with Gasteiger partial charge in [-0.3, -0.25) is 14.4 Å². The fourth-order valence-corrected chi connectivity index (χ4v) is 4.11. The highest BCUT2D eigenvalue weighted by Crippen LogP contribution is 2.47. The normalized spacial score (nSPS) is 18.7. The Labute approximate surface area is 190 Å². The minimum Gasteiger partial charge on any atom is -0.490 e. The lowest BCUT2D eigenvalue weighted by atomic mass is 9.87. The van der Waals surface area contributed by atoms with Crippen molar-refractivity contribution in [1.29, 1.82) is 0 Å². The number of ether oxygens (including phenoxy) is 4. The molecule has 0 saturated heterocycles. The van der Waals surface area contributed by atoms with Gasteiger partial charge in [-0.15, -0.1) is 0 Å². The average Bonchev–Trinajstić information content (AvgIpc) is 2.75. The van der Waals surface area contributed by atoms with Crippen LogP contribution in [0.1, 0.15) is 39.4 Å². The monoisotopic (exact) mass is 452 g/mol. The first-order chi connectivity index (χ1) is 15.6. The third kappa shape index (κ3) is 3.92. The van der Waals surface area contributed by atoms with Crippen LogP contribution in [0.4, 0.5) is 0 Å². The molecular formula is C25H24O8. The number of methoxy groups -OCH3 is 1. The topological polar surface area (TPSA) is 101 Å². The van der Waals surface area contributed by atoms with Crippen LogP contribution >= 0.6 is 0 Å². The molecule has 4 rings (SSSR count). The van der Waals surface area contributed by atoms with E-state index in [4.69, 9.17) is 23.4 Å². The summed E-state index contributed by atoms with van der Waals surface area (Å²) in [4.78, 5) is 37.3. The molecule has 0 bridgehead atoms. The number of hydrogen-bond donors (Lipinski definition) is 0. The molecule has 1 aromatic heterocycles. The maximum Gasteiger partial charge on any atom is 0.303 e. The Bertz CT molecular complexity index is 1290. The first kappa shape index (κ1) is 22.4. The maximum absolute atomic E-state index is 13.3. The van der Waals surface area contributed by atoms with Crippen molar-refractivity contribution in [1.82, 2.24) is 0 Å². The summed E-state index contributed by atoms with van der Waals surface area (Å²) in [6.07, 6.45) is -2.04. The van der Waals surface area contributed by atoms with Crippen molar-refractivity contribution in [3.05, 3.63) is 58.3 Å². The van der Waals surface area contributed by atoms with Crippen molar-refractivity contribution in [3.8, 4) is 22.8 Å². The molecule has 33 heavy (non-hydrogen) atoms. The fourth-order valence-electron chi connectivity index (χ4n) is 4.11. The van der Waals surface area contributed by atoms with Gasteiger partial charge < -0.3 is 23.4 Å². The Balaban J connectivity index is 2.07. The number of esters is 2. The first-order valence-electron chi connectivity index (χ1n) is 10.4. The third-order valence-electron chi connectivity index (χ3n) is 5.46. The Morgan fingerprint density at radius 1 is 0.970 bits per heavy atom. The second-order valence-corrected chi connectivity index (χ2v) is 8.28. The van der Waals surface area contributed by atoms with E-state index in [1.54, 1.807) is 38.1 Å². The van der Waals surface area contributed by atoms with Gasteiger partial charge in [0.1, 0.15) is 16.9 Å². The van der Waals surface area contributed by atoms with Gasteiger partial charge in [0.25, 0.3) is 0 Å². The van der Waals surface area contributed by atoms with Crippen molar-refractivity contribution in [2.24, 2.45) is 0 Å². The second-order valence-electron chi connectivity index (χ2n) is 8.28. The number of benzene rings is 2. The van der Waals surface area contributed by atoms with Crippen molar-refractivity contribution in [2.75, 3.05) is 7.11 Å². The molecular weight excluding hydrogens is 428 g/mol. The number of rotatable bonds is 4. The highest BCUT2D eigenvalue weighted by Gasteiger charge is 2.49. The van der Waals surface area contributed by atoms with Gasteiger partial charge in [-0.05, 0) is 26.0 Å². The number of carbonyl (C=O) groups excluding carboxylic acids is 2. The molecule has 0 fully saturated rings. The van der Waals surface area contributed by atoms with Gasteiger partial charge >= 0.3 is 11.9 Å². The summed E-state index contributed by atoms with van der Waals surface area (Å²) < 4.78 is 28.9. The SMILES string of the molecule is COc1c(-c2ccccc2)oc2c3c(ccc2c1=O)OC(C)(C)C(OC(C)=O)C3OC(C)=O. The molecule has 0 radical (unpaired) electrons. The first-order valence-corrected chi connectivity index (χ1v) is 10.4. The molecule has 172 valence electrons. The lowest BCUT2D eigenvalue weighted by molar-refractivity contribution is -0.187. The van der Waals surface area contributed by atoms with Crippen LogP contribution in [0.3, 0.4) is 0 Å². The van der Waals surface area contributed by atoms with Crippen LogP contribution in [0.5, 0.6) is 11.5 Å². The van der Waals surface area contributed by atoms with Crippen LogP contribution in [-0.2, 0) is 19.1 Å². The molecule has 1 aliphatic heterocycles. The van der Waals surface area contributed by atoms with Crippen LogP contribution in [0.2, 0.25) is 0 Å². The van der Waals surface area contributed by atoms with E-state index >= 15 is 0 Å². The van der Waals surface area contributed by atoms with Crippen LogP contribution in [-0.4, -0.2) is 30.8 Å². The summed E-state index contributed by atoms with van der Waals surface area (Å²) in [6, 6.07) is 12.2. The molecule has 2 aromatic carbocycles. The fraction of sp³-hybridized carbons (Fsp3) is 0.320. The lowest BCUT2D eigenvalue weighted by Gasteiger charge is -2.43. The summed E-state index contributed by atoms with van der Waals surface area (Å²) in [6.45, 7) is 5.97. The van der Waals surface area contributed by atoms with E-state index in [9.17, 15) is 14.4 Å². The standard InChI is InChI=1S/C25H24O8/c1-13(26)30-22-18-17(33-25(3,4)24(22)31-14(2)27)12-11-16-19(28)23(29-5)20(32-21(16)18)15-9-7-6-8-10-15/h6-12,22,24H,1-5H3. The zero-order valence-corrected chi connectivity index (χ0v) is 19.0. The van der Waals surface area contributed by atoms with E-state index < -0.39 is 35.2 Å². The quantitative estimate of drug-likeness (QED) is 0.544. The molecule has 0 N–H and O–H groups in total. The summed E-state index contributed by atoms with van der Waals surface area (Å²) in [5, 5.41) is 0.215. The summed E-state index contributed by atoms with van der Waals surface area (Å²) in [5.41, 5.74) is -0.317. The van der Waals surface area contributed by atoms with E-state index in [0.717, 1.165) is 0 Å². The predicted molar refractivity (Wildman–Crippen MR) is 119 cm³/mol. The van der Waals surface area contributed by atoms with E-state index in [0.29, 0.717) is 16.9 Å². The number of fused-ring (bicyclic) bond motifs is 3. The van der Waals surface area contributed by atoms with Gasteiger partial charge in [-0.25, -0.2) is 0 Å². The Kier molecular flexibility index (Phi) is 5.61. The molecule has 0 amide bonds. The number of carbonyl (C=O) groups is 2.